The van der Waals surface area contributed by atoms with Crippen molar-refractivity contribution in [2.75, 3.05) is 0 Å². The molecule has 0 aliphatic carbocycles. The molecule has 0 saturated heterocycles. The van der Waals surface area contributed by atoms with E-state index in [-0.39, 0.29) is 0 Å². The van der Waals surface area contributed by atoms with Gasteiger partial charge < -0.3 is 0 Å². The number of hydrogen-bond acceptors (Lipinski definition) is 2. The van der Waals surface area contributed by atoms with Gasteiger partial charge in [-0.1, -0.05) is 30.7 Å². The number of aromatic nitrogens is 2. The van der Waals surface area contributed by atoms with Crippen LogP contribution in [-0.2, 0) is 0 Å². The Labute approximate surface area is 119 Å². The van der Waals surface area contributed by atoms with Gasteiger partial charge in [0, 0.05) is 18.8 Å². The zero-order valence-electron chi connectivity index (χ0n) is 11.5. The standard InChI is InChI=1S/C18H16N2/c1-3-5-6-7-8-16-10-12-20-18(14-16)17-13-15(4-2)9-11-19-17/h4,7-14H,2,6H2,1H3. The van der Waals surface area contributed by atoms with E-state index >= 15 is 0 Å². The Morgan fingerprint density at radius 3 is 2.40 bits per heavy atom. The van der Waals surface area contributed by atoms with Crippen LogP contribution in [0.15, 0.2) is 49.3 Å². The van der Waals surface area contributed by atoms with Crippen LogP contribution in [0.4, 0.5) is 0 Å². The fourth-order valence-corrected chi connectivity index (χ4v) is 1.76. The van der Waals surface area contributed by atoms with Gasteiger partial charge in [0.2, 0.25) is 0 Å². The summed E-state index contributed by atoms with van der Waals surface area (Å²) in [5, 5.41) is 0. The first-order chi connectivity index (χ1) is 9.83. The van der Waals surface area contributed by atoms with Crippen molar-refractivity contribution in [1.82, 2.24) is 9.97 Å². The van der Waals surface area contributed by atoms with Crippen molar-refractivity contribution >= 4 is 12.2 Å². The first-order valence-corrected chi connectivity index (χ1v) is 6.44. The summed E-state index contributed by atoms with van der Waals surface area (Å²) in [6.45, 7) is 5.61. The van der Waals surface area contributed by atoms with Crippen molar-refractivity contribution in [3.8, 4) is 23.2 Å². The Hall–Kier alpha value is -2.66. The molecular weight excluding hydrogens is 244 g/mol. The monoisotopic (exact) mass is 260 g/mol. The van der Waals surface area contributed by atoms with Crippen LogP contribution < -0.4 is 0 Å². The third-order valence-corrected chi connectivity index (χ3v) is 2.77. The summed E-state index contributed by atoms with van der Waals surface area (Å²) in [5.41, 5.74) is 3.85. The number of nitrogens with zero attached hydrogens (tertiary/aromatic N) is 2. The third kappa shape index (κ3) is 3.66. The van der Waals surface area contributed by atoms with Gasteiger partial charge in [0.15, 0.2) is 0 Å². The van der Waals surface area contributed by atoms with Crippen molar-refractivity contribution in [2.24, 2.45) is 0 Å². The Bertz CT molecular complexity index is 688. The Kier molecular flexibility index (Phi) is 4.86. The van der Waals surface area contributed by atoms with Gasteiger partial charge in [-0.15, -0.1) is 5.92 Å². The molecule has 0 fully saturated rings. The van der Waals surface area contributed by atoms with E-state index in [2.05, 4.69) is 28.4 Å². The lowest BCUT2D eigenvalue weighted by molar-refractivity contribution is 1.24. The Balaban J connectivity index is 2.26. The number of allylic oxidation sites excluding steroid dienone is 1. The fraction of sp³-hybridized carbons (Fsp3) is 0.111. The molecule has 0 amide bonds. The van der Waals surface area contributed by atoms with Crippen molar-refractivity contribution < 1.29 is 0 Å². The lowest BCUT2D eigenvalue weighted by Crippen LogP contribution is -1.88. The molecule has 0 aromatic carbocycles. The van der Waals surface area contributed by atoms with Gasteiger partial charge in [0.05, 0.1) is 11.4 Å². The average molecular weight is 260 g/mol. The van der Waals surface area contributed by atoms with Crippen LogP contribution in [0.25, 0.3) is 23.5 Å². The van der Waals surface area contributed by atoms with E-state index in [0.29, 0.717) is 0 Å². The Morgan fingerprint density at radius 1 is 1.10 bits per heavy atom. The van der Waals surface area contributed by atoms with E-state index in [9.17, 15) is 0 Å². The summed E-state index contributed by atoms with van der Waals surface area (Å²) < 4.78 is 0. The third-order valence-electron chi connectivity index (χ3n) is 2.77. The molecule has 0 aliphatic heterocycles. The van der Waals surface area contributed by atoms with Crippen LogP contribution in [0, 0.1) is 11.8 Å². The van der Waals surface area contributed by atoms with Gasteiger partial charge in [0.25, 0.3) is 0 Å². The quantitative estimate of drug-likeness (QED) is 0.769. The van der Waals surface area contributed by atoms with E-state index in [1.807, 2.05) is 43.3 Å². The molecule has 0 radical (unpaired) electrons. The minimum Gasteiger partial charge on any atom is -0.255 e. The van der Waals surface area contributed by atoms with Crippen LogP contribution in [0.2, 0.25) is 0 Å². The summed E-state index contributed by atoms with van der Waals surface area (Å²) in [5.74, 6) is 5.87. The van der Waals surface area contributed by atoms with Gasteiger partial charge in [-0.05, 0) is 42.3 Å². The predicted octanol–water partition coefficient (Wildman–Crippen LogP) is 4.21. The molecule has 0 bridgehead atoms. The number of rotatable bonds is 4. The van der Waals surface area contributed by atoms with Crippen LogP contribution >= 0.6 is 0 Å². The summed E-state index contributed by atoms with van der Waals surface area (Å²) in [6, 6.07) is 7.89. The minimum atomic E-state index is 0.762. The maximum absolute atomic E-state index is 4.37. The molecule has 20 heavy (non-hydrogen) atoms. The zero-order chi connectivity index (χ0) is 14.2. The average Bonchev–Trinajstić information content (AvgIpc) is 2.52. The molecule has 98 valence electrons. The minimum absolute atomic E-state index is 0.762. The molecule has 2 heterocycles. The highest BCUT2D eigenvalue weighted by atomic mass is 14.8. The number of hydrogen-bond donors (Lipinski definition) is 0. The summed E-state index contributed by atoms with van der Waals surface area (Å²) >= 11 is 0. The van der Waals surface area contributed by atoms with Gasteiger partial charge in [-0.2, -0.15) is 0 Å². The molecular formula is C18H16N2. The molecule has 0 unspecified atom stereocenters. The van der Waals surface area contributed by atoms with Gasteiger partial charge >= 0.3 is 0 Å². The normalized spacial score (nSPS) is 10.1. The summed E-state index contributed by atoms with van der Waals surface area (Å²) in [7, 11) is 0. The van der Waals surface area contributed by atoms with E-state index in [1.54, 1.807) is 18.5 Å². The second-order valence-electron chi connectivity index (χ2n) is 4.19. The molecule has 2 aromatic rings. The van der Waals surface area contributed by atoms with Crippen LogP contribution in [0.3, 0.4) is 0 Å². The van der Waals surface area contributed by atoms with Crippen molar-refractivity contribution in [3.63, 3.8) is 0 Å². The predicted molar refractivity (Wildman–Crippen MR) is 84.7 cm³/mol. The maximum Gasteiger partial charge on any atom is 0.0892 e. The lowest BCUT2D eigenvalue weighted by Gasteiger charge is -2.02. The topological polar surface area (TPSA) is 25.8 Å². The van der Waals surface area contributed by atoms with E-state index in [4.69, 9.17) is 0 Å². The van der Waals surface area contributed by atoms with Crippen LogP contribution in [-0.4, -0.2) is 9.97 Å². The van der Waals surface area contributed by atoms with Crippen LogP contribution in [0.5, 0.6) is 0 Å². The second-order valence-corrected chi connectivity index (χ2v) is 4.19. The highest BCUT2D eigenvalue weighted by Gasteiger charge is 2.01. The molecule has 2 rings (SSSR count). The summed E-state index contributed by atoms with van der Waals surface area (Å²) in [4.78, 5) is 8.72. The second kappa shape index (κ2) is 7.06. The molecule has 0 N–H and O–H groups in total. The zero-order valence-corrected chi connectivity index (χ0v) is 11.5. The molecule has 2 nitrogen and oxygen atoms in total. The van der Waals surface area contributed by atoms with Gasteiger partial charge in [0.1, 0.15) is 0 Å². The highest BCUT2D eigenvalue weighted by Crippen LogP contribution is 2.17. The van der Waals surface area contributed by atoms with Crippen molar-refractivity contribution in [1.29, 1.82) is 0 Å². The first-order valence-electron chi connectivity index (χ1n) is 6.44. The van der Waals surface area contributed by atoms with Crippen molar-refractivity contribution in [3.05, 3.63) is 60.4 Å². The van der Waals surface area contributed by atoms with Crippen LogP contribution in [0.1, 0.15) is 24.5 Å². The van der Waals surface area contributed by atoms with E-state index in [0.717, 1.165) is 28.9 Å². The van der Waals surface area contributed by atoms with Gasteiger partial charge in [-0.25, -0.2) is 0 Å². The maximum atomic E-state index is 4.37. The molecule has 0 atom stereocenters. The molecule has 2 aromatic heterocycles. The van der Waals surface area contributed by atoms with Crippen molar-refractivity contribution in [2.45, 2.75) is 13.3 Å². The molecule has 0 saturated carbocycles. The largest absolute Gasteiger partial charge is 0.255 e. The molecule has 2 heteroatoms. The lowest BCUT2D eigenvalue weighted by atomic mass is 10.1. The molecule has 0 spiro atoms. The summed E-state index contributed by atoms with van der Waals surface area (Å²) in [6.07, 6.45) is 10.2. The van der Waals surface area contributed by atoms with Gasteiger partial charge in [-0.3, -0.25) is 9.97 Å². The smallest absolute Gasteiger partial charge is 0.0892 e. The number of pyridine rings is 2. The molecule has 0 aliphatic rings. The Morgan fingerprint density at radius 2 is 1.75 bits per heavy atom. The SMILES string of the molecule is C=Cc1ccnc(-c2cc(C=CCC#CC)ccn2)c1. The van der Waals surface area contributed by atoms with E-state index in [1.165, 1.54) is 0 Å². The fourth-order valence-electron chi connectivity index (χ4n) is 1.76. The highest BCUT2D eigenvalue weighted by molar-refractivity contribution is 5.63. The van der Waals surface area contributed by atoms with E-state index < -0.39 is 0 Å². The first kappa shape index (κ1) is 13.8.